The van der Waals surface area contributed by atoms with Gasteiger partial charge < -0.3 is 36.4 Å². The third kappa shape index (κ3) is 8.59. The Morgan fingerprint density at radius 1 is 1.10 bits per heavy atom. The number of imidazole rings is 1. The topological polar surface area (TPSA) is 60.0 Å². The average Bonchev–Trinajstić information content (AvgIpc) is 3.39. The lowest BCUT2D eigenvalue weighted by Gasteiger charge is -2.40. The van der Waals surface area contributed by atoms with Crippen molar-refractivity contribution in [3.63, 3.8) is 0 Å². The van der Waals surface area contributed by atoms with Crippen molar-refractivity contribution in [1.29, 1.82) is 0 Å². The number of piperazine rings is 1. The van der Waals surface area contributed by atoms with E-state index in [1.54, 1.807) is 19.1 Å². The zero-order valence-electron chi connectivity index (χ0n) is 23.6. The summed E-state index contributed by atoms with van der Waals surface area (Å²) in [6.45, 7) is 9.05. The van der Waals surface area contributed by atoms with E-state index in [1.165, 1.54) is 0 Å². The van der Waals surface area contributed by atoms with Crippen LogP contribution in [-0.4, -0.2) is 60.9 Å². The molecule has 8 nitrogen and oxygen atoms in total. The van der Waals surface area contributed by atoms with Gasteiger partial charge in [-0.2, -0.15) is 0 Å². The predicted molar refractivity (Wildman–Crippen MR) is 165 cm³/mol. The van der Waals surface area contributed by atoms with Gasteiger partial charge >= 0.3 is 0 Å². The quantitative estimate of drug-likeness (QED) is 0.342. The molecule has 2 atom stereocenters. The maximum Gasteiger partial charge on any atom is 0.243 e. The maximum absolute atomic E-state index is 11.6. The minimum Gasteiger partial charge on any atom is -1.00 e. The molecule has 2 aromatic carbocycles. The molecule has 3 aromatic rings. The van der Waals surface area contributed by atoms with Gasteiger partial charge in [-0.3, -0.25) is 4.79 Å². The summed E-state index contributed by atoms with van der Waals surface area (Å²) in [7, 11) is 0. The van der Waals surface area contributed by atoms with Crippen LogP contribution in [0.4, 0.5) is 5.69 Å². The molecule has 2 aliphatic heterocycles. The van der Waals surface area contributed by atoms with Crippen LogP contribution in [-0.2, 0) is 33.1 Å². The Hall–Kier alpha value is -1.91. The summed E-state index contributed by atoms with van der Waals surface area (Å²) in [5.74, 6) is -0.167. The molecule has 2 fully saturated rings. The first-order valence-corrected chi connectivity index (χ1v) is 14.2. The second-order valence-electron chi connectivity index (χ2n) is 9.97. The lowest BCUT2D eigenvalue weighted by Crippen LogP contribution is -3.00. The molecule has 0 spiro atoms. The molecule has 2 saturated heterocycles. The number of halogens is 5. The van der Waals surface area contributed by atoms with Crippen molar-refractivity contribution < 1.29 is 36.0 Å². The highest BCUT2D eigenvalue weighted by atomic mass is 35.5. The third-order valence-electron chi connectivity index (χ3n) is 7.34. The van der Waals surface area contributed by atoms with Crippen LogP contribution in [0.3, 0.4) is 0 Å². The number of carbonyl (C=O) groups excluding carboxylic acids is 1. The average molecular weight is 683 g/mol. The Kier molecular flexibility index (Phi) is 14.0. The van der Waals surface area contributed by atoms with Crippen molar-refractivity contribution in [3.05, 3.63) is 76.8 Å². The van der Waals surface area contributed by atoms with Gasteiger partial charge in [0.15, 0.2) is 0 Å². The number of rotatable bonds is 8. The van der Waals surface area contributed by atoms with Crippen LogP contribution >= 0.6 is 48.0 Å². The summed E-state index contributed by atoms with van der Waals surface area (Å²) in [5, 5.41) is 1.06. The predicted octanol–water partition coefficient (Wildman–Crippen LogP) is 2.36. The highest BCUT2D eigenvalue weighted by Crippen LogP contribution is 2.39. The Labute approximate surface area is 276 Å². The van der Waals surface area contributed by atoms with E-state index >= 15 is 0 Å². The SMILES string of the molecule is CCn1cc[n+](C[C@]2(c3ccc(Cl)cc3Cl)OCC[C@@H](COc3ccc(N4CCN(C(C)=O)CC4)cc3)O2)c1.Cl.Cl.[Cl-]. The van der Waals surface area contributed by atoms with Crippen LogP contribution in [0.2, 0.25) is 10.0 Å². The van der Waals surface area contributed by atoms with Gasteiger partial charge in [0.25, 0.3) is 0 Å². The van der Waals surface area contributed by atoms with E-state index in [1.807, 2.05) is 46.4 Å². The first kappa shape index (κ1) is 36.3. The standard InChI is InChI=1S/C29H35Cl2N4O4.3ClH/c1-3-32-11-12-33(21-32)20-29(27-9-4-23(30)18-28(27)31)38-17-10-26(39-29)19-37-25-7-5-24(6-8-25)35-15-13-34(14-16-35)22(2)36;;;/h4-9,11-12,18,21,26H,3,10,13-17,19-20H2,1-2H3;3*1H/q+1;;;/p-1/t26-,29-;;;/m0.../s1. The van der Waals surface area contributed by atoms with Gasteiger partial charge in [-0.15, -0.1) is 24.8 Å². The molecule has 0 saturated carbocycles. The van der Waals surface area contributed by atoms with Gasteiger partial charge in [0, 0.05) is 55.8 Å². The summed E-state index contributed by atoms with van der Waals surface area (Å²) in [5.41, 5.74) is 1.87. The van der Waals surface area contributed by atoms with Crippen LogP contribution < -0.4 is 26.6 Å². The minimum absolute atomic E-state index is 0. The van der Waals surface area contributed by atoms with Crippen LogP contribution in [0.1, 0.15) is 25.8 Å². The number of benzene rings is 2. The van der Waals surface area contributed by atoms with E-state index in [2.05, 4.69) is 28.5 Å². The van der Waals surface area contributed by atoms with Crippen LogP contribution in [0.25, 0.3) is 0 Å². The fraction of sp³-hybridized carbons (Fsp3) is 0.448. The number of amides is 1. The highest BCUT2D eigenvalue weighted by molar-refractivity contribution is 6.35. The third-order valence-corrected chi connectivity index (χ3v) is 7.89. The van der Waals surface area contributed by atoms with Crippen molar-refractivity contribution >= 4 is 59.6 Å². The zero-order chi connectivity index (χ0) is 27.4. The van der Waals surface area contributed by atoms with Crippen molar-refractivity contribution in [2.45, 2.75) is 45.2 Å². The molecule has 0 unspecified atom stereocenters. The summed E-state index contributed by atoms with van der Waals surface area (Å²) >= 11 is 12.9. The summed E-state index contributed by atoms with van der Waals surface area (Å²) in [6, 6.07) is 13.5. The molecule has 0 N–H and O–H groups in total. The number of aryl methyl sites for hydroxylation is 1. The fourth-order valence-electron chi connectivity index (χ4n) is 5.12. The number of hydrogen-bond acceptors (Lipinski definition) is 5. The number of aromatic nitrogens is 2. The molecule has 5 rings (SSSR count). The van der Waals surface area contributed by atoms with Gasteiger partial charge in [-0.05, 0) is 43.3 Å². The second-order valence-corrected chi connectivity index (χ2v) is 10.8. The molecule has 2 aliphatic rings. The normalized spacial score (nSPS) is 20.1. The molecule has 232 valence electrons. The molecule has 42 heavy (non-hydrogen) atoms. The summed E-state index contributed by atoms with van der Waals surface area (Å²) in [6.07, 6.45) is 6.56. The van der Waals surface area contributed by atoms with Crippen LogP contribution in [0, 0.1) is 0 Å². The molecule has 1 aromatic heterocycles. The monoisotopic (exact) mass is 680 g/mol. The Morgan fingerprint density at radius 3 is 2.43 bits per heavy atom. The second kappa shape index (κ2) is 16.2. The number of ether oxygens (including phenoxy) is 3. The number of carbonyl (C=O) groups is 1. The molecule has 0 aliphatic carbocycles. The van der Waals surface area contributed by atoms with E-state index < -0.39 is 5.79 Å². The largest absolute Gasteiger partial charge is 1.00 e. The van der Waals surface area contributed by atoms with Crippen molar-refractivity contribution in [2.75, 3.05) is 44.3 Å². The molecular formula is C29H37Cl5N4O4. The molecule has 0 radical (unpaired) electrons. The summed E-state index contributed by atoms with van der Waals surface area (Å²) in [4.78, 5) is 15.8. The van der Waals surface area contributed by atoms with Gasteiger partial charge in [0.2, 0.25) is 18.0 Å². The van der Waals surface area contributed by atoms with Gasteiger partial charge in [-0.1, -0.05) is 29.3 Å². The van der Waals surface area contributed by atoms with E-state index in [-0.39, 0.29) is 49.2 Å². The fourth-order valence-corrected chi connectivity index (χ4v) is 5.68. The number of anilines is 1. The Morgan fingerprint density at radius 2 is 1.81 bits per heavy atom. The van der Waals surface area contributed by atoms with Gasteiger partial charge in [0.05, 0.1) is 24.3 Å². The van der Waals surface area contributed by atoms with Crippen LogP contribution in [0.5, 0.6) is 5.75 Å². The maximum atomic E-state index is 11.6. The van der Waals surface area contributed by atoms with Gasteiger partial charge in [0.1, 0.15) is 31.3 Å². The van der Waals surface area contributed by atoms with Gasteiger partial charge in [-0.25, -0.2) is 9.13 Å². The molecule has 1 amide bonds. The molecule has 0 bridgehead atoms. The Bertz CT molecular complexity index is 1290. The smallest absolute Gasteiger partial charge is 0.243 e. The van der Waals surface area contributed by atoms with E-state index in [0.717, 1.165) is 49.7 Å². The van der Waals surface area contributed by atoms with E-state index in [4.69, 9.17) is 37.4 Å². The lowest BCUT2D eigenvalue weighted by molar-refractivity contribution is -0.725. The van der Waals surface area contributed by atoms with Crippen LogP contribution in [0.15, 0.2) is 61.2 Å². The minimum atomic E-state index is -1.08. The Balaban J connectivity index is 0.00000205. The molecule has 13 heteroatoms. The van der Waals surface area contributed by atoms with E-state index in [9.17, 15) is 4.79 Å². The van der Waals surface area contributed by atoms with E-state index in [0.29, 0.717) is 36.2 Å². The lowest BCUT2D eigenvalue weighted by atomic mass is 10.0. The highest BCUT2D eigenvalue weighted by Gasteiger charge is 2.44. The zero-order valence-corrected chi connectivity index (χ0v) is 27.5. The van der Waals surface area contributed by atoms with Crippen molar-refractivity contribution in [2.24, 2.45) is 0 Å². The first-order chi connectivity index (χ1) is 18.8. The number of hydrogen-bond donors (Lipinski definition) is 0. The van der Waals surface area contributed by atoms with Crippen molar-refractivity contribution in [3.8, 4) is 5.75 Å². The van der Waals surface area contributed by atoms with Crippen molar-refractivity contribution in [1.82, 2.24) is 9.47 Å². The molecular weight excluding hydrogens is 646 g/mol. The number of nitrogens with zero attached hydrogens (tertiary/aromatic N) is 4. The molecule has 3 heterocycles. The summed E-state index contributed by atoms with van der Waals surface area (Å²) < 4.78 is 23.3. The first-order valence-electron chi connectivity index (χ1n) is 13.4.